The van der Waals surface area contributed by atoms with Crippen molar-refractivity contribution >= 4 is 11.7 Å². The van der Waals surface area contributed by atoms with E-state index in [4.69, 9.17) is 4.42 Å². The van der Waals surface area contributed by atoms with Gasteiger partial charge in [-0.25, -0.2) is 0 Å². The summed E-state index contributed by atoms with van der Waals surface area (Å²) >= 11 is 0. The van der Waals surface area contributed by atoms with Crippen LogP contribution in [0.25, 0.3) is 0 Å². The number of carbonyl (C=O) groups excluding carboxylic acids is 1. The third kappa shape index (κ3) is 2.12. The summed E-state index contributed by atoms with van der Waals surface area (Å²) in [6.07, 6.45) is 2.20. The molecule has 3 nitrogen and oxygen atoms in total. The summed E-state index contributed by atoms with van der Waals surface area (Å²) < 4.78 is 5.47. The van der Waals surface area contributed by atoms with Gasteiger partial charge in [-0.2, -0.15) is 0 Å². The van der Waals surface area contributed by atoms with E-state index in [1.165, 1.54) is 12.5 Å². The average molecular weight is 205 g/mol. The fourth-order valence-corrected chi connectivity index (χ4v) is 1.82. The summed E-state index contributed by atoms with van der Waals surface area (Å²) in [6, 6.07) is 3.59. The molecule has 0 spiro atoms. The number of ketones is 1. The van der Waals surface area contributed by atoms with Crippen LogP contribution >= 0.6 is 0 Å². The SMILES string of the molecule is C=C1CCCN(c2ccc(C(C)=O)o2)C1. The van der Waals surface area contributed by atoms with Crippen LogP contribution in [0, 0.1) is 0 Å². The van der Waals surface area contributed by atoms with Gasteiger partial charge in [0.25, 0.3) is 0 Å². The molecule has 1 fully saturated rings. The van der Waals surface area contributed by atoms with Crippen LogP contribution in [-0.2, 0) is 0 Å². The van der Waals surface area contributed by atoms with Gasteiger partial charge in [0.2, 0.25) is 0 Å². The number of hydrogen-bond acceptors (Lipinski definition) is 3. The first-order valence-electron chi connectivity index (χ1n) is 5.19. The van der Waals surface area contributed by atoms with Crippen molar-refractivity contribution in [2.45, 2.75) is 19.8 Å². The topological polar surface area (TPSA) is 33.5 Å². The van der Waals surface area contributed by atoms with Crippen molar-refractivity contribution in [3.8, 4) is 0 Å². The minimum Gasteiger partial charge on any atom is -0.437 e. The quantitative estimate of drug-likeness (QED) is 0.549. The molecule has 0 aliphatic carbocycles. The van der Waals surface area contributed by atoms with Gasteiger partial charge < -0.3 is 9.32 Å². The summed E-state index contributed by atoms with van der Waals surface area (Å²) in [5.74, 6) is 1.18. The van der Waals surface area contributed by atoms with Crippen LogP contribution < -0.4 is 4.90 Å². The zero-order valence-electron chi connectivity index (χ0n) is 8.95. The van der Waals surface area contributed by atoms with Crippen molar-refractivity contribution < 1.29 is 9.21 Å². The number of Topliss-reactive ketones (excluding diaryl/α,β-unsaturated/α-hetero) is 1. The Morgan fingerprint density at radius 2 is 2.33 bits per heavy atom. The van der Waals surface area contributed by atoms with Crippen molar-refractivity contribution in [3.63, 3.8) is 0 Å². The van der Waals surface area contributed by atoms with Crippen LogP contribution in [0.3, 0.4) is 0 Å². The number of furan rings is 1. The molecule has 0 radical (unpaired) electrons. The molecule has 2 rings (SSSR count). The van der Waals surface area contributed by atoms with E-state index in [0.29, 0.717) is 5.76 Å². The Bertz CT molecular complexity index is 392. The fourth-order valence-electron chi connectivity index (χ4n) is 1.82. The lowest BCUT2D eigenvalue weighted by Gasteiger charge is -2.27. The first-order valence-corrected chi connectivity index (χ1v) is 5.19. The van der Waals surface area contributed by atoms with Crippen LogP contribution in [0.4, 0.5) is 5.88 Å². The molecule has 0 unspecified atom stereocenters. The second kappa shape index (κ2) is 3.93. The van der Waals surface area contributed by atoms with Gasteiger partial charge in [-0.3, -0.25) is 4.79 Å². The second-order valence-corrected chi connectivity index (χ2v) is 3.97. The minimum atomic E-state index is -0.0305. The van der Waals surface area contributed by atoms with Crippen LogP contribution in [0.15, 0.2) is 28.7 Å². The fraction of sp³-hybridized carbons (Fsp3) is 0.417. The van der Waals surface area contributed by atoms with Gasteiger partial charge >= 0.3 is 0 Å². The highest BCUT2D eigenvalue weighted by Gasteiger charge is 2.17. The molecule has 1 aromatic heterocycles. The molecule has 1 saturated heterocycles. The molecule has 1 aliphatic heterocycles. The van der Waals surface area contributed by atoms with Crippen molar-refractivity contribution in [1.82, 2.24) is 0 Å². The molecular weight excluding hydrogens is 190 g/mol. The number of rotatable bonds is 2. The molecule has 0 aromatic carbocycles. The normalized spacial score (nSPS) is 16.9. The van der Waals surface area contributed by atoms with Crippen LogP contribution in [0.5, 0.6) is 0 Å². The third-order valence-electron chi connectivity index (χ3n) is 2.62. The Morgan fingerprint density at radius 1 is 1.53 bits per heavy atom. The van der Waals surface area contributed by atoms with Gasteiger partial charge in [-0.1, -0.05) is 12.2 Å². The lowest BCUT2D eigenvalue weighted by molar-refractivity contribution is 0.0988. The highest BCUT2D eigenvalue weighted by atomic mass is 16.4. The monoisotopic (exact) mass is 205 g/mol. The Kier molecular flexibility index (Phi) is 2.62. The first kappa shape index (κ1) is 10.0. The Balaban J connectivity index is 2.14. The van der Waals surface area contributed by atoms with Crippen LogP contribution in [-0.4, -0.2) is 18.9 Å². The standard InChI is InChI=1S/C12H15NO2/c1-9-4-3-7-13(8-9)12-6-5-11(15-12)10(2)14/h5-6H,1,3-4,7-8H2,2H3. The lowest BCUT2D eigenvalue weighted by atomic mass is 10.1. The van der Waals surface area contributed by atoms with E-state index >= 15 is 0 Å². The molecule has 0 amide bonds. The highest BCUT2D eigenvalue weighted by molar-refractivity contribution is 5.91. The average Bonchev–Trinajstić information content (AvgIpc) is 2.66. The number of carbonyl (C=O) groups is 1. The molecule has 2 heterocycles. The highest BCUT2D eigenvalue weighted by Crippen LogP contribution is 2.24. The molecule has 0 N–H and O–H groups in total. The van der Waals surface area contributed by atoms with Gasteiger partial charge in [-0.15, -0.1) is 0 Å². The minimum absolute atomic E-state index is 0.0305. The molecule has 1 aliphatic rings. The summed E-state index contributed by atoms with van der Waals surface area (Å²) in [5.41, 5.74) is 1.22. The van der Waals surface area contributed by atoms with E-state index in [2.05, 4.69) is 11.5 Å². The smallest absolute Gasteiger partial charge is 0.196 e. The molecule has 0 bridgehead atoms. The maximum absolute atomic E-state index is 11.1. The van der Waals surface area contributed by atoms with E-state index in [-0.39, 0.29) is 5.78 Å². The molecule has 15 heavy (non-hydrogen) atoms. The molecule has 0 atom stereocenters. The molecule has 80 valence electrons. The van der Waals surface area contributed by atoms with Crippen molar-refractivity contribution in [1.29, 1.82) is 0 Å². The van der Waals surface area contributed by atoms with Gasteiger partial charge in [0.1, 0.15) is 0 Å². The maximum Gasteiger partial charge on any atom is 0.196 e. The van der Waals surface area contributed by atoms with Crippen LogP contribution in [0.2, 0.25) is 0 Å². The number of anilines is 1. The van der Waals surface area contributed by atoms with E-state index in [9.17, 15) is 4.79 Å². The second-order valence-electron chi connectivity index (χ2n) is 3.97. The van der Waals surface area contributed by atoms with Crippen molar-refractivity contribution in [2.24, 2.45) is 0 Å². The molecule has 0 saturated carbocycles. The number of piperidine rings is 1. The van der Waals surface area contributed by atoms with Gasteiger partial charge in [-0.05, 0) is 18.9 Å². The molecular formula is C12H15NO2. The summed E-state index contributed by atoms with van der Waals surface area (Å²) in [7, 11) is 0. The lowest BCUT2D eigenvalue weighted by Crippen LogP contribution is -2.30. The number of hydrogen-bond donors (Lipinski definition) is 0. The Labute approximate surface area is 89.4 Å². The van der Waals surface area contributed by atoms with E-state index in [1.54, 1.807) is 6.07 Å². The number of nitrogens with zero attached hydrogens (tertiary/aromatic N) is 1. The maximum atomic E-state index is 11.1. The Hall–Kier alpha value is -1.51. The van der Waals surface area contributed by atoms with Crippen molar-refractivity contribution in [2.75, 3.05) is 18.0 Å². The molecule has 1 aromatic rings. The third-order valence-corrected chi connectivity index (χ3v) is 2.62. The largest absolute Gasteiger partial charge is 0.437 e. The van der Waals surface area contributed by atoms with E-state index in [0.717, 1.165) is 31.8 Å². The van der Waals surface area contributed by atoms with Crippen LogP contribution in [0.1, 0.15) is 30.3 Å². The van der Waals surface area contributed by atoms with Gasteiger partial charge in [0, 0.05) is 26.1 Å². The van der Waals surface area contributed by atoms with E-state index in [1.807, 2.05) is 6.07 Å². The van der Waals surface area contributed by atoms with E-state index < -0.39 is 0 Å². The van der Waals surface area contributed by atoms with Gasteiger partial charge in [0.05, 0.1) is 0 Å². The van der Waals surface area contributed by atoms with Gasteiger partial charge in [0.15, 0.2) is 17.4 Å². The predicted octanol–water partition coefficient (Wildman–Crippen LogP) is 2.64. The zero-order chi connectivity index (χ0) is 10.8. The summed E-state index contributed by atoms with van der Waals surface area (Å²) in [6.45, 7) is 7.31. The first-order chi connectivity index (χ1) is 7.16. The predicted molar refractivity (Wildman–Crippen MR) is 59.3 cm³/mol. The summed E-state index contributed by atoms with van der Waals surface area (Å²) in [5, 5.41) is 0. The zero-order valence-corrected chi connectivity index (χ0v) is 8.95. The van der Waals surface area contributed by atoms with Crippen molar-refractivity contribution in [3.05, 3.63) is 30.0 Å². The molecule has 3 heteroatoms. The summed E-state index contributed by atoms with van der Waals surface area (Å²) in [4.78, 5) is 13.2. The Morgan fingerprint density at radius 3 is 2.93 bits per heavy atom.